The number of ether oxygens (including phenoxy) is 3. The molecule has 48 heavy (non-hydrogen) atoms. The number of amides is 2. The normalized spacial score (nSPS) is 19.1. The lowest BCUT2D eigenvalue weighted by molar-refractivity contribution is -0.172. The minimum atomic E-state index is -1.90. The molecule has 0 spiro atoms. The molecule has 0 saturated carbocycles. The summed E-state index contributed by atoms with van der Waals surface area (Å²) < 4.78 is 18.3. The van der Waals surface area contributed by atoms with Crippen molar-refractivity contribution in [2.45, 2.75) is 83.9 Å². The first-order valence-electron chi connectivity index (χ1n) is 16.3. The van der Waals surface area contributed by atoms with Gasteiger partial charge in [0.25, 0.3) is 5.56 Å². The van der Waals surface area contributed by atoms with Gasteiger partial charge < -0.3 is 38.6 Å². The van der Waals surface area contributed by atoms with Crippen molar-refractivity contribution in [3.05, 3.63) is 56.9 Å². The quantitative estimate of drug-likeness (QED) is 0.312. The summed E-state index contributed by atoms with van der Waals surface area (Å²) in [5.74, 6) is -0.355. The molecule has 256 valence electrons. The zero-order valence-corrected chi connectivity index (χ0v) is 28.6. The highest BCUT2D eigenvalue weighted by atomic mass is 16.6. The first-order chi connectivity index (χ1) is 22.6. The summed E-state index contributed by atoms with van der Waals surface area (Å²) in [6.07, 6.45) is 0.416. The Morgan fingerprint density at radius 3 is 2.48 bits per heavy atom. The molecule has 1 N–H and O–H groups in total. The number of aromatic nitrogens is 2. The van der Waals surface area contributed by atoms with Crippen molar-refractivity contribution >= 4 is 29.1 Å². The maximum absolute atomic E-state index is 13.6. The maximum Gasteiger partial charge on any atom is 0.415 e. The lowest BCUT2D eigenvalue weighted by Crippen LogP contribution is -2.49. The van der Waals surface area contributed by atoms with Crippen LogP contribution in [-0.4, -0.2) is 93.4 Å². The highest BCUT2D eigenvalue weighted by molar-refractivity contribution is 5.90. The van der Waals surface area contributed by atoms with Crippen LogP contribution in [0.15, 0.2) is 29.1 Å². The average Bonchev–Trinajstić information content (AvgIpc) is 3.39. The fraction of sp³-hybridized carbons (Fsp3) is 0.514. The van der Waals surface area contributed by atoms with Crippen LogP contribution in [0, 0.1) is 0 Å². The molecule has 0 unspecified atom stereocenters. The number of cyclic esters (lactones) is 1. The predicted molar refractivity (Wildman–Crippen MR) is 177 cm³/mol. The van der Waals surface area contributed by atoms with E-state index in [1.54, 1.807) is 46.5 Å². The van der Waals surface area contributed by atoms with Crippen molar-refractivity contribution in [2.75, 3.05) is 34.2 Å². The molecule has 3 aromatic rings. The summed E-state index contributed by atoms with van der Waals surface area (Å²) in [7, 11) is 5.56. The Bertz CT molecular complexity index is 1870. The van der Waals surface area contributed by atoms with Gasteiger partial charge in [-0.2, -0.15) is 0 Å². The second kappa shape index (κ2) is 12.2. The first kappa shape index (κ1) is 33.4. The van der Waals surface area contributed by atoms with E-state index in [0.29, 0.717) is 55.1 Å². The second-order valence-corrected chi connectivity index (χ2v) is 14.1. The van der Waals surface area contributed by atoms with Crippen molar-refractivity contribution < 1.29 is 33.7 Å². The number of hydrogen-bond donors (Lipinski definition) is 1. The van der Waals surface area contributed by atoms with Gasteiger partial charge in [0, 0.05) is 54.8 Å². The van der Waals surface area contributed by atoms with Crippen LogP contribution < -0.4 is 10.3 Å². The number of fused-ring (bicyclic) bond motifs is 5. The molecule has 1 fully saturated rings. The van der Waals surface area contributed by atoms with E-state index >= 15 is 0 Å². The van der Waals surface area contributed by atoms with Crippen LogP contribution >= 0.6 is 0 Å². The number of likely N-dealkylation sites (tertiary alicyclic amines) is 1. The third kappa shape index (κ3) is 5.89. The Hall–Kier alpha value is -4.49. The number of nitrogens with zero attached hydrogens (tertiary/aromatic N) is 5. The molecule has 1 atom stereocenters. The monoisotopic (exact) mass is 661 g/mol. The Kier molecular flexibility index (Phi) is 8.49. The Balaban J connectivity index is 1.27. The molecule has 5 heterocycles. The fourth-order valence-corrected chi connectivity index (χ4v) is 6.74. The molecule has 0 aliphatic carbocycles. The fourth-order valence-electron chi connectivity index (χ4n) is 6.74. The molecule has 13 nitrogen and oxygen atoms in total. The highest BCUT2D eigenvalue weighted by Crippen LogP contribution is 2.40. The summed E-state index contributed by atoms with van der Waals surface area (Å²) in [6, 6.07) is 7.08. The van der Waals surface area contributed by atoms with Gasteiger partial charge in [0.05, 0.1) is 29.0 Å². The van der Waals surface area contributed by atoms with Gasteiger partial charge in [-0.3, -0.25) is 4.79 Å². The van der Waals surface area contributed by atoms with E-state index in [2.05, 4.69) is 0 Å². The molecular weight excluding hydrogens is 618 g/mol. The van der Waals surface area contributed by atoms with Crippen LogP contribution in [0.25, 0.3) is 22.3 Å². The summed E-state index contributed by atoms with van der Waals surface area (Å²) in [6.45, 7) is 8.66. The second-order valence-electron chi connectivity index (χ2n) is 14.1. The van der Waals surface area contributed by atoms with Crippen LogP contribution in [0.4, 0.5) is 9.59 Å². The lowest BCUT2D eigenvalue weighted by atomic mass is 9.86. The van der Waals surface area contributed by atoms with Gasteiger partial charge in [-0.1, -0.05) is 6.92 Å². The third-order valence-corrected chi connectivity index (χ3v) is 9.38. The van der Waals surface area contributed by atoms with Crippen molar-refractivity contribution in [2.24, 2.45) is 0 Å². The number of benzene rings is 1. The zero-order valence-electron chi connectivity index (χ0n) is 28.6. The standard InChI is InChI=1S/C35H43N5O8/c1-8-35(45)25-16-27-29-20(17-40(27)30(41)24(25)19-46-31(35)42)15-22-23(18-37(5)6)28(10-9-26(22)36-29)47-32(43)38(7)21-11-13-39(14-12-21)33(44)48-34(2,3)4/h9-10,15-16,21,45H,8,11-14,17-19H2,1-7H3/t35-/m0/s1. The molecule has 2 amide bonds. The van der Waals surface area contributed by atoms with E-state index in [4.69, 9.17) is 19.2 Å². The number of aliphatic hydroxyl groups is 1. The van der Waals surface area contributed by atoms with Crippen LogP contribution in [0.5, 0.6) is 5.75 Å². The van der Waals surface area contributed by atoms with E-state index in [-0.39, 0.29) is 48.4 Å². The van der Waals surface area contributed by atoms with Crippen LogP contribution in [-0.2, 0) is 39.6 Å². The SMILES string of the molecule is CC[C@@]1(O)C(=O)OCc2c1cc1n(c2=O)Cc2cc3c(CN(C)C)c(OC(=O)N(C)C4CCN(C(=O)OC(C)(C)C)CC4)ccc3nc2-1. The van der Waals surface area contributed by atoms with Gasteiger partial charge in [-0.15, -0.1) is 0 Å². The molecule has 0 bridgehead atoms. The minimum absolute atomic E-state index is 0.0651. The molecule has 6 rings (SSSR count). The van der Waals surface area contributed by atoms with E-state index in [0.717, 1.165) is 16.5 Å². The molecule has 13 heteroatoms. The van der Waals surface area contributed by atoms with Gasteiger partial charge in [0.1, 0.15) is 18.0 Å². The molecule has 1 aromatic carbocycles. The highest BCUT2D eigenvalue weighted by Gasteiger charge is 2.45. The van der Waals surface area contributed by atoms with Crippen molar-refractivity contribution in [3.63, 3.8) is 0 Å². The van der Waals surface area contributed by atoms with E-state index in [1.165, 1.54) is 0 Å². The van der Waals surface area contributed by atoms with Gasteiger partial charge in [-0.25, -0.2) is 19.4 Å². The first-order valence-corrected chi connectivity index (χ1v) is 16.3. The predicted octanol–water partition coefficient (Wildman–Crippen LogP) is 3.97. The van der Waals surface area contributed by atoms with Crippen molar-refractivity contribution in [1.82, 2.24) is 24.3 Å². The van der Waals surface area contributed by atoms with Crippen molar-refractivity contribution in [3.8, 4) is 17.1 Å². The number of carbonyl (C=O) groups excluding carboxylic acids is 3. The molecule has 3 aliphatic heterocycles. The Morgan fingerprint density at radius 1 is 1.12 bits per heavy atom. The van der Waals surface area contributed by atoms with Gasteiger partial charge in [0.2, 0.25) is 0 Å². The smallest absolute Gasteiger partial charge is 0.415 e. The summed E-state index contributed by atoms with van der Waals surface area (Å²) in [4.78, 5) is 62.3. The van der Waals surface area contributed by atoms with Gasteiger partial charge in [0.15, 0.2) is 5.60 Å². The van der Waals surface area contributed by atoms with Gasteiger partial charge in [-0.05, 0) is 78.4 Å². The van der Waals surface area contributed by atoms with E-state index < -0.39 is 23.3 Å². The number of piperidine rings is 1. The van der Waals surface area contributed by atoms with Crippen LogP contribution in [0.3, 0.4) is 0 Å². The van der Waals surface area contributed by atoms with Crippen LogP contribution in [0.2, 0.25) is 0 Å². The topological polar surface area (TPSA) is 144 Å². The van der Waals surface area contributed by atoms with E-state index in [1.807, 2.05) is 45.8 Å². The van der Waals surface area contributed by atoms with E-state index in [9.17, 15) is 24.3 Å². The summed E-state index contributed by atoms with van der Waals surface area (Å²) in [5.41, 5.74) is 1.08. The molecule has 2 aromatic heterocycles. The van der Waals surface area contributed by atoms with Gasteiger partial charge >= 0.3 is 18.2 Å². The minimum Gasteiger partial charge on any atom is -0.458 e. The molecule has 3 aliphatic rings. The Morgan fingerprint density at radius 2 is 1.83 bits per heavy atom. The molecular formula is C35H43N5O8. The molecule has 0 radical (unpaired) electrons. The number of rotatable bonds is 5. The zero-order chi connectivity index (χ0) is 34.7. The number of esters is 1. The van der Waals surface area contributed by atoms with Crippen LogP contribution in [0.1, 0.15) is 69.2 Å². The average molecular weight is 662 g/mol. The third-order valence-electron chi connectivity index (χ3n) is 9.38. The summed E-state index contributed by atoms with van der Waals surface area (Å²) in [5, 5.41) is 12.0. The van der Waals surface area contributed by atoms with Crippen molar-refractivity contribution in [1.29, 1.82) is 0 Å². The maximum atomic E-state index is 13.6. The summed E-state index contributed by atoms with van der Waals surface area (Å²) >= 11 is 0. The Labute approximate surface area is 279 Å². The molecule has 1 saturated heterocycles. The lowest BCUT2D eigenvalue weighted by Gasteiger charge is -2.36. The largest absolute Gasteiger partial charge is 0.458 e. The number of carbonyl (C=O) groups is 3. The number of pyridine rings is 2. The number of hydrogen-bond acceptors (Lipinski definition) is 10.